The summed E-state index contributed by atoms with van der Waals surface area (Å²) in [5.41, 5.74) is 1.05. The number of fused-ring (bicyclic) bond motifs is 3. The number of anilines is 1. The lowest BCUT2D eigenvalue weighted by molar-refractivity contribution is 0.157. The highest BCUT2D eigenvalue weighted by Gasteiger charge is 2.25. The van der Waals surface area contributed by atoms with Gasteiger partial charge in [0.2, 0.25) is 11.8 Å². The fraction of sp³-hybridized carbons (Fsp3) is 0.542. The van der Waals surface area contributed by atoms with Crippen LogP contribution in [0.4, 0.5) is 10.7 Å². The van der Waals surface area contributed by atoms with Crippen LogP contribution in [0.5, 0.6) is 0 Å². The van der Waals surface area contributed by atoms with E-state index in [1.807, 2.05) is 13.2 Å². The van der Waals surface area contributed by atoms with E-state index >= 15 is 0 Å². The van der Waals surface area contributed by atoms with E-state index in [2.05, 4.69) is 35.7 Å². The molecule has 1 saturated heterocycles. The van der Waals surface area contributed by atoms with E-state index in [1.165, 1.54) is 43.2 Å². The highest BCUT2D eigenvalue weighted by Crippen LogP contribution is 2.26. The molecule has 1 aliphatic heterocycles. The molecule has 0 spiro atoms. The Kier molecular flexibility index (Phi) is 7.10. The van der Waals surface area contributed by atoms with Crippen LogP contribution in [0.2, 0.25) is 0 Å². The van der Waals surface area contributed by atoms with Crippen LogP contribution in [0.15, 0.2) is 29.0 Å². The Morgan fingerprint density at radius 1 is 1.11 bits per heavy atom. The zero-order chi connectivity index (χ0) is 23.8. The van der Waals surface area contributed by atoms with E-state index < -0.39 is 0 Å². The number of amides is 2. The third-order valence-electron chi connectivity index (χ3n) is 7.20. The van der Waals surface area contributed by atoms with Crippen molar-refractivity contribution in [2.24, 2.45) is 13.0 Å². The zero-order valence-electron chi connectivity index (χ0n) is 20.4. The summed E-state index contributed by atoms with van der Waals surface area (Å²) in [6, 6.07) is 3.42. The first-order valence-corrected chi connectivity index (χ1v) is 12.6. The maximum absolute atomic E-state index is 12.9. The van der Waals surface area contributed by atoms with Gasteiger partial charge in [0.05, 0.1) is 11.6 Å². The minimum absolute atomic E-state index is 0. The summed E-state index contributed by atoms with van der Waals surface area (Å²) in [5, 5.41) is 15.7. The summed E-state index contributed by atoms with van der Waals surface area (Å²) in [5.74, 6) is 2.08. The van der Waals surface area contributed by atoms with Gasteiger partial charge in [-0.2, -0.15) is 14.6 Å². The molecule has 0 radical (unpaired) electrons. The first-order chi connectivity index (χ1) is 17.1. The smallest absolute Gasteiger partial charge is 0.321 e. The summed E-state index contributed by atoms with van der Waals surface area (Å²) >= 11 is 0. The van der Waals surface area contributed by atoms with Crippen molar-refractivity contribution in [3.8, 4) is 11.6 Å². The number of furan rings is 1. The van der Waals surface area contributed by atoms with Crippen LogP contribution in [0, 0.1) is 5.92 Å². The van der Waals surface area contributed by atoms with E-state index in [0.29, 0.717) is 22.9 Å². The molecular formula is C24H32ClN9O2. The molecule has 2 aliphatic rings. The van der Waals surface area contributed by atoms with E-state index in [9.17, 15) is 4.79 Å². The van der Waals surface area contributed by atoms with Gasteiger partial charge in [0, 0.05) is 38.9 Å². The van der Waals surface area contributed by atoms with Crippen molar-refractivity contribution in [3.63, 3.8) is 0 Å². The third-order valence-corrected chi connectivity index (χ3v) is 7.20. The molecular weight excluding hydrogens is 482 g/mol. The van der Waals surface area contributed by atoms with Crippen LogP contribution in [0.25, 0.3) is 28.3 Å². The first kappa shape index (κ1) is 24.5. The van der Waals surface area contributed by atoms with Gasteiger partial charge in [-0.15, -0.1) is 17.5 Å². The number of piperidine rings is 1. The minimum atomic E-state index is -0.296. The summed E-state index contributed by atoms with van der Waals surface area (Å²) in [6.45, 7) is 3.26. The maximum atomic E-state index is 12.9. The molecule has 1 saturated carbocycles. The van der Waals surface area contributed by atoms with Crippen LogP contribution in [-0.4, -0.2) is 66.0 Å². The van der Waals surface area contributed by atoms with Crippen molar-refractivity contribution in [1.29, 1.82) is 0 Å². The molecule has 2 fully saturated rings. The molecule has 2 amide bonds. The van der Waals surface area contributed by atoms with Gasteiger partial charge in [-0.1, -0.05) is 19.3 Å². The largest absolute Gasteiger partial charge is 0.461 e. The molecule has 4 aromatic rings. The molecule has 5 heterocycles. The Morgan fingerprint density at radius 2 is 1.92 bits per heavy atom. The maximum Gasteiger partial charge on any atom is 0.321 e. The summed E-state index contributed by atoms with van der Waals surface area (Å²) in [4.78, 5) is 24.7. The van der Waals surface area contributed by atoms with E-state index in [4.69, 9.17) is 4.42 Å². The number of aryl methyl sites for hydroxylation is 1. The zero-order valence-corrected chi connectivity index (χ0v) is 21.2. The molecule has 12 heteroatoms. The fourth-order valence-electron chi connectivity index (χ4n) is 5.41. The van der Waals surface area contributed by atoms with Crippen molar-refractivity contribution >= 4 is 41.1 Å². The van der Waals surface area contributed by atoms with Crippen LogP contribution in [0.3, 0.4) is 0 Å². The second kappa shape index (κ2) is 10.4. The molecule has 0 aromatic carbocycles. The van der Waals surface area contributed by atoms with E-state index in [0.717, 1.165) is 37.2 Å². The predicted octanol–water partition coefficient (Wildman–Crippen LogP) is 3.86. The number of hydrogen-bond acceptors (Lipinski definition) is 7. The fourth-order valence-corrected chi connectivity index (χ4v) is 5.41. The van der Waals surface area contributed by atoms with E-state index in [-0.39, 0.29) is 30.4 Å². The Balaban J connectivity index is 0.00000267. The quantitative estimate of drug-likeness (QED) is 0.416. The number of urea groups is 1. The van der Waals surface area contributed by atoms with Crippen LogP contribution >= 0.6 is 12.4 Å². The van der Waals surface area contributed by atoms with Crippen LogP contribution < -0.4 is 10.6 Å². The van der Waals surface area contributed by atoms with Gasteiger partial charge in [-0.3, -0.25) is 10.00 Å². The summed E-state index contributed by atoms with van der Waals surface area (Å²) in [6.07, 6.45) is 12.2. The van der Waals surface area contributed by atoms with Crippen molar-refractivity contribution in [3.05, 3.63) is 24.6 Å². The second-order valence-electron chi connectivity index (χ2n) is 9.80. The molecule has 2 N–H and O–H groups in total. The Labute approximate surface area is 215 Å². The molecule has 6 rings (SSSR count). The molecule has 192 valence electrons. The number of carbonyl (C=O) groups excluding carboxylic acids is 1. The number of carbonyl (C=O) groups is 1. The third kappa shape index (κ3) is 5.03. The Bertz CT molecular complexity index is 1320. The lowest BCUT2D eigenvalue weighted by Crippen LogP contribution is -2.47. The Hall–Kier alpha value is -3.18. The normalized spacial score (nSPS) is 17.9. The highest BCUT2D eigenvalue weighted by atomic mass is 35.5. The number of aromatic nitrogens is 6. The van der Waals surface area contributed by atoms with Crippen LogP contribution in [0.1, 0.15) is 44.9 Å². The number of hydrogen-bond donors (Lipinski definition) is 2. The van der Waals surface area contributed by atoms with Crippen molar-refractivity contribution in [2.75, 3.05) is 25.0 Å². The number of rotatable bonds is 5. The standard InChI is InChI=1S/C24H31N9O2.ClH/c1-31-15-18-20(29-31)27-23(33-22(18)26-21(30-33)19-8-5-13-35-19)28-24(34)25-17-9-11-32(12-10-17)14-16-6-3-2-4-7-16;/h5,8,13,15-17H,2-4,6-7,9-12,14H2,1H3,(H2,25,27,28,29,34);1H. The molecule has 1 aliphatic carbocycles. The number of nitrogens with one attached hydrogen (secondary N) is 2. The lowest BCUT2D eigenvalue weighted by Gasteiger charge is -2.35. The van der Waals surface area contributed by atoms with Crippen molar-refractivity contribution < 1.29 is 9.21 Å². The highest BCUT2D eigenvalue weighted by molar-refractivity contribution is 5.93. The lowest BCUT2D eigenvalue weighted by atomic mass is 9.88. The van der Waals surface area contributed by atoms with Gasteiger partial charge < -0.3 is 14.6 Å². The number of halogens is 1. The number of likely N-dealkylation sites (tertiary alicyclic amines) is 1. The van der Waals surface area contributed by atoms with Gasteiger partial charge in [0.25, 0.3) is 0 Å². The molecule has 36 heavy (non-hydrogen) atoms. The molecule has 4 aromatic heterocycles. The SMILES string of the molecule is Cl.Cn1cc2c(nc(NC(=O)NC3CCN(CC4CCCCC4)CC3)n3nc(-c4ccco4)nc23)n1. The second-order valence-corrected chi connectivity index (χ2v) is 9.80. The van der Waals surface area contributed by atoms with E-state index in [1.54, 1.807) is 23.1 Å². The Morgan fingerprint density at radius 3 is 2.67 bits per heavy atom. The topological polar surface area (TPSA) is 118 Å². The summed E-state index contributed by atoms with van der Waals surface area (Å²) < 4.78 is 8.67. The average molecular weight is 514 g/mol. The van der Waals surface area contributed by atoms with Gasteiger partial charge in [-0.25, -0.2) is 9.78 Å². The number of nitrogens with zero attached hydrogens (tertiary/aromatic N) is 7. The predicted molar refractivity (Wildman–Crippen MR) is 138 cm³/mol. The van der Waals surface area contributed by atoms with Crippen LogP contribution in [-0.2, 0) is 7.05 Å². The first-order valence-electron chi connectivity index (χ1n) is 12.6. The van der Waals surface area contributed by atoms with Crippen molar-refractivity contribution in [2.45, 2.75) is 51.0 Å². The average Bonchev–Trinajstić information content (AvgIpc) is 3.60. The van der Waals surface area contributed by atoms with Gasteiger partial charge in [0.15, 0.2) is 17.1 Å². The van der Waals surface area contributed by atoms with Gasteiger partial charge >= 0.3 is 6.03 Å². The summed E-state index contributed by atoms with van der Waals surface area (Å²) in [7, 11) is 1.82. The monoisotopic (exact) mass is 513 g/mol. The van der Waals surface area contributed by atoms with Gasteiger partial charge in [0.1, 0.15) is 0 Å². The molecule has 11 nitrogen and oxygen atoms in total. The molecule has 0 bridgehead atoms. The minimum Gasteiger partial charge on any atom is -0.461 e. The molecule has 0 atom stereocenters. The molecule has 0 unspecified atom stereocenters. The van der Waals surface area contributed by atoms with Crippen molar-refractivity contribution in [1.82, 2.24) is 39.6 Å². The van der Waals surface area contributed by atoms with Gasteiger partial charge in [-0.05, 0) is 43.7 Å².